The van der Waals surface area contributed by atoms with E-state index in [0.717, 1.165) is 16.7 Å². The predicted molar refractivity (Wildman–Crippen MR) is 55.3 cm³/mol. The molecule has 0 bridgehead atoms. The Hall–Kier alpha value is -1.57. The second-order valence-corrected chi connectivity index (χ2v) is 3.14. The normalized spacial score (nSPS) is 9.69. The second kappa shape index (κ2) is 3.44. The van der Waals surface area contributed by atoms with Crippen molar-refractivity contribution in [3.8, 4) is 5.75 Å². The molecule has 0 radical (unpaired) electrons. The molecular formula is C11H13NO. The van der Waals surface area contributed by atoms with Crippen LogP contribution in [0.15, 0.2) is 24.8 Å². The summed E-state index contributed by atoms with van der Waals surface area (Å²) in [6.45, 7) is 7.39. The molecule has 2 nitrogen and oxygen atoms in total. The van der Waals surface area contributed by atoms with Gasteiger partial charge >= 0.3 is 0 Å². The monoisotopic (exact) mass is 175 g/mol. The Balaban J connectivity index is 3.35. The molecule has 2 heteroatoms. The van der Waals surface area contributed by atoms with Gasteiger partial charge in [0.1, 0.15) is 5.75 Å². The van der Waals surface area contributed by atoms with E-state index >= 15 is 0 Å². The standard InChI is InChI=1S/C11H13NO/c1-7(2)11-6-9(13)4-5-10(11)8(3)12/h4-6,12-13H,1H2,2-3H3. The summed E-state index contributed by atoms with van der Waals surface area (Å²) in [5, 5.41) is 16.8. The topological polar surface area (TPSA) is 44.1 Å². The molecule has 0 aliphatic heterocycles. The molecule has 2 N–H and O–H groups in total. The molecule has 13 heavy (non-hydrogen) atoms. The second-order valence-electron chi connectivity index (χ2n) is 3.14. The maximum absolute atomic E-state index is 9.26. The average Bonchev–Trinajstić information content (AvgIpc) is 2.03. The minimum atomic E-state index is 0.211. The van der Waals surface area contributed by atoms with E-state index in [1.165, 1.54) is 0 Å². The maximum atomic E-state index is 9.26. The SMILES string of the molecule is C=C(C)c1cc(O)ccc1C(C)=N. The first-order valence-corrected chi connectivity index (χ1v) is 4.07. The van der Waals surface area contributed by atoms with E-state index in [2.05, 4.69) is 6.58 Å². The Morgan fingerprint density at radius 1 is 1.31 bits per heavy atom. The van der Waals surface area contributed by atoms with Gasteiger partial charge in [0.25, 0.3) is 0 Å². The van der Waals surface area contributed by atoms with E-state index in [-0.39, 0.29) is 5.75 Å². The van der Waals surface area contributed by atoms with Gasteiger partial charge in [0.05, 0.1) is 0 Å². The number of aromatic hydroxyl groups is 1. The van der Waals surface area contributed by atoms with Gasteiger partial charge in [0, 0.05) is 11.3 Å². The number of allylic oxidation sites excluding steroid dienone is 1. The molecule has 0 aliphatic carbocycles. The van der Waals surface area contributed by atoms with Gasteiger partial charge in [-0.05, 0) is 37.6 Å². The van der Waals surface area contributed by atoms with Crippen LogP contribution in [0.3, 0.4) is 0 Å². The lowest BCUT2D eigenvalue weighted by molar-refractivity contribution is 0.475. The van der Waals surface area contributed by atoms with Crippen molar-refractivity contribution in [2.45, 2.75) is 13.8 Å². The summed E-state index contributed by atoms with van der Waals surface area (Å²) < 4.78 is 0. The van der Waals surface area contributed by atoms with Crippen molar-refractivity contribution in [2.24, 2.45) is 0 Å². The molecule has 0 unspecified atom stereocenters. The summed E-state index contributed by atoms with van der Waals surface area (Å²) in [5.74, 6) is 0.211. The molecule has 68 valence electrons. The molecule has 0 aromatic heterocycles. The van der Waals surface area contributed by atoms with Crippen LogP contribution in [0, 0.1) is 5.41 Å². The zero-order chi connectivity index (χ0) is 10.0. The highest BCUT2D eigenvalue weighted by Gasteiger charge is 2.05. The van der Waals surface area contributed by atoms with Gasteiger partial charge in [-0.1, -0.05) is 12.2 Å². The van der Waals surface area contributed by atoms with Crippen LogP contribution >= 0.6 is 0 Å². The number of phenolic OH excluding ortho intramolecular Hbond substituents is 1. The summed E-state index contributed by atoms with van der Waals surface area (Å²) in [6, 6.07) is 4.96. The summed E-state index contributed by atoms with van der Waals surface area (Å²) >= 11 is 0. The molecular weight excluding hydrogens is 162 g/mol. The lowest BCUT2D eigenvalue weighted by atomic mass is 9.99. The van der Waals surface area contributed by atoms with Crippen molar-refractivity contribution in [1.29, 1.82) is 5.41 Å². The van der Waals surface area contributed by atoms with Gasteiger partial charge in [-0.2, -0.15) is 0 Å². The molecule has 0 atom stereocenters. The maximum Gasteiger partial charge on any atom is 0.116 e. The number of phenols is 1. The molecule has 1 aromatic rings. The van der Waals surface area contributed by atoms with Crippen molar-refractivity contribution < 1.29 is 5.11 Å². The van der Waals surface area contributed by atoms with Crippen molar-refractivity contribution >= 4 is 11.3 Å². The van der Waals surface area contributed by atoms with Crippen LogP contribution in [0.5, 0.6) is 5.75 Å². The molecule has 0 spiro atoms. The van der Waals surface area contributed by atoms with Crippen LogP contribution in [-0.2, 0) is 0 Å². The minimum Gasteiger partial charge on any atom is -0.508 e. The van der Waals surface area contributed by atoms with Crippen molar-refractivity contribution in [2.75, 3.05) is 0 Å². The highest BCUT2D eigenvalue weighted by Crippen LogP contribution is 2.22. The summed E-state index contributed by atoms with van der Waals surface area (Å²) in [6.07, 6.45) is 0. The molecule has 1 rings (SSSR count). The van der Waals surface area contributed by atoms with Crippen LogP contribution in [0.25, 0.3) is 5.57 Å². The largest absolute Gasteiger partial charge is 0.508 e. The average molecular weight is 175 g/mol. The van der Waals surface area contributed by atoms with E-state index in [4.69, 9.17) is 5.41 Å². The Bertz CT molecular complexity index is 366. The first kappa shape index (κ1) is 9.52. The smallest absolute Gasteiger partial charge is 0.116 e. The van der Waals surface area contributed by atoms with Crippen molar-refractivity contribution in [1.82, 2.24) is 0 Å². The zero-order valence-corrected chi connectivity index (χ0v) is 7.89. The summed E-state index contributed by atoms with van der Waals surface area (Å²) in [7, 11) is 0. The number of rotatable bonds is 2. The third kappa shape index (κ3) is 1.96. The predicted octanol–water partition coefficient (Wildman–Crippen LogP) is 2.81. The number of nitrogens with one attached hydrogen (secondary N) is 1. The summed E-state index contributed by atoms with van der Waals surface area (Å²) in [4.78, 5) is 0. The summed E-state index contributed by atoms with van der Waals surface area (Å²) in [5.41, 5.74) is 3.01. The minimum absolute atomic E-state index is 0.211. The zero-order valence-electron chi connectivity index (χ0n) is 7.89. The Morgan fingerprint density at radius 3 is 2.38 bits per heavy atom. The fourth-order valence-corrected chi connectivity index (χ4v) is 1.21. The van der Waals surface area contributed by atoms with E-state index in [0.29, 0.717) is 5.71 Å². The Labute approximate surface area is 78.0 Å². The fraction of sp³-hybridized carbons (Fsp3) is 0.182. The first-order chi connectivity index (χ1) is 6.02. The molecule has 0 saturated carbocycles. The van der Waals surface area contributed by atoms with Gasteiger partial charge in [0.2, 0.25) is 0 Å². The Kier molecular flexibility index (Phi) is 2.52. The van der Waals surface area contributed by atoms with Gasteiger partial charge in [0.15, 0.2) is 0 Å². The van der Waals surface area contributed by atoms with E-state index < -0.39 is 0 Å². The van der Waals surface area contributed by atoms with E-state index in [1.807, 2.05) is 6.92 Å². The lowest BCUT2D eigenvalue weighted by Gasteiger charge is -2.07. The lowest BCUT2D eigenvalue weighted by Crippen LogP contribution is -1.97. The molecule has 0 saturated heterocycles. The first-order valence-electron chi connectivity index (χ1n) is 4.07. The third-order valence-corrected chi connectivity index (χ3v) is 1.87. The van der Waals surface area contributed by atoms with Crippen LogP contribution < -0.4 is 0 Å². The van der Waals surface area contributed by atoms with Crippen LogP contribution in [-0.4, -0.2) is 10.8 Å². The quantitative estimate of drug-likeness (QED) is 0.667. The highest BCUT2D eigenvalue weighted by atomic mass is 16.3. The van der Waals surface area contributed by atoms with Gasteiger partial charge in [-0.25, -0.2) is 0 Å². The number of hydrogen-bond donors (Lipinski definition) is 2. The highest BCUT2D eigenvalue weighted by molar-refractivity contribution is 6.00. The fourth-order valence-electron chi connectivity index (χ4n) is 1.21. The van der Waals surface area contributed by atoms with E-state index in [1.54, 1.807) is 25.1 Å². The van der Waals surface area contributed by atoms with Gasteiger partial charge in [-0.15, -0.1) is 0 Å². The number of hydrogen-bond acceptors (Lipinski definition) is 2. The van der Waals surface area contributed by atoms with Crippen LogP contribution in [0.2, 0.25) is 0 Å². The molecule has 0 fully saturated rings. The van der Waals surface area contributed by atoms with Gasteiger partial charge < -0.3 is 10.5 Å². The van der Waals surface area contributed by atoms with Crippen LogP contribution in [0.4, 0.5) is 0 Å². The molecule has 0 amide bonds. The van der Waals surface area contributed by atoms with Crippen molar-refractivity contribution in [3.05, 3.63) is 35.9 Å². The Morgan fingerprint density at radius 2 is 1.92 bits per heavy atom. The third-order valence-electron chi connectivity index (χ3n) is 1.87. The number of benzene rings is 1. The van der Waals surface area contributed by atoms with E-state index in [9.17, 15) is 5.11 Å². The molecule has 1 aromatic carbocycles. The van der Waals surface area contributed by atoms with Crippen molar-refractivity contribution in [3.63, 3.8) is 0 Å². The van der Waals surface area contributed by atoms with Gasteiger partial charge in [-0.3, -0.25) is 0 Å². The molecule has 0 aliphatic rings. The molecule has 0 heterocycles. The van der Waals surface area contributed by atoms with Crippen LogP contribution in [0.1, 0.15) is 25.0 Å².